The number of rotatable bonds is 5. The van der Waals surface area contributed by atoms with Gasteiger partial charge >= 0.3 is 17.9 Å². The molecule has 22 heavy (non-hydrogen) atoms. The van der Waals surface area contributed by atoms with E-state index >= 15 is 0 Å². The number of carbonyl (C=O) groups is 3. The van der Waals surface area contributed by atoms with Crippen molar-refractivity contribution in [1.29, 1.82) is 0 Å². The summed E-state index contributed by atoms with van der Waals surface area (Å²) < 4.78 is 14.9. The molecule has 0 aromatic heterocycles. The molecule has 2 aliphatic carbocycles. The molecule has 7 nitrogen and oxygen atoms in total. The first-order chi connectivity index (χ1) is 10.3. The summed E-state index contributed by atoms with van der Waals surface area (Å²) in [7, 11) is 2.49. The smallest absolute Gasteiger partial charge is 0.338 e. The minimum Gasteiger partial charge on any atom is -0.469 e. The first-order valence-corrected chi connectivity index (χ1v) is 7.33. The average molecular weight is 314 g/mol. The topological polar surface area (TPSA) is 99.1 Å². The third-order valence-corrected chi connectivity index (χ3v) is 5.10. The van der Waals surface area contributed by atoms with Gasteiger partial charge in [-0.1, -0.05) is 6.92 Å². The van der Waals surface area contributed by atoms with Gasteiger partial charge in [0, 0.05) is 18.8 Å². The van der Waals surface area contributed by atoms with Crippen LogP contribution in [0.4, 0.5) is 0 Å². The van der Waals surface area contributed by atoms with Gasteiger partial charge in [0.2, 0.25) is 0 Å². The fraction of sp³-hybridized carbons (Fsp3) is 0.800. The number of fused-ring (bicyclic) bond motifs is 1. The molecule has 0 heterocycles. The Morgan fingerprint density at radius 1 is 1.23 bits per heavy atom. The summed E-state index contributed by atoms with van der Waals surface area (Å²) >= 11 is 0. The molecule has 2 fully saturated rings. The Hall–Kier alpha value is -1.63. The van der Waals surface area contributed by atoms with Crippen LogP contribution in [0.25, 0.3) is 0 Å². The molecule has 2 rings (SSSR count). The van der Waals surface area contributed by atoms with Crippen molar-refractivity contribution in [3.63, 3.8) is 0 Å². The van der Waals surface area contributed by atoms with Crippen molar-refractivity contribution in [3.05, 3.63) is 0 Å². The molecule has 2 aliphatic rings. The lowest BCUT2D eigenvalue weighted by atomic mass is 9.79. The van der Waals surface area contributed by atoms with Crippen molar-refractivity contribution in [1.82, 2.24) is 0 Å². The van der Waals surface area contributed by atoms with Crippen LogP contribution in [0, 0.1) is 17.3 Å². The van der Waals surface area contributed by atoms with Crippen LogP contribution in [0.5, 0.6) is 0 Å². The highest BCUT2D eigenvalue weighted by atomic mass is 16.6. The zero-order valence-electron chi connectivity index (χ0n) is 13.3. The van der Waals surface area contributed by atoms with Gasteiger partial charge in [-0.05, 0) is 19.3 Å². The molecule has 0 amide bonds. The Morgan fingerprint density at radius 2 is 1.86 bits per heavy atom. The third kappa shape index (κ3) is 2.27. The van der Waals surface area contributed by atoms with Crippen molar-refractivity contribution in [2.45, 2.75) is 44.8 Å². The molecule has 0 aromatic rings. The molecule has 124 valence electrons. The van der Waals surface area contributed by atoms with Crippen molar-refractivity contribution in [3.8, 4) is 0 Å². The monoisotopic (exact) mass is 314 g/mol. The molecular weight excluding hydrogens is 292 g/mol. The van der Waals surface area contributed by atoms with Crippen LogP contribution < -0.4 is 0 Å². The molecule has 5 atom stereocenters. The van der Waals surface area contributed by atoms with E-state index in [0.29, 0.717) is 6.42 Å². The lowest BCUT2D eigenvalue weighted by Crippen LogP contribution is -2.51. The average Bonchev–Trinajstić information content (AvgIpc) is 3.15. The summed E-state index contributed by atoms with van der Waals surface area (Å²) in [6.45, 7) is 2.91. The van der Waals surface area contributed by atoms with Crippen LogP contribution >= 0.6 is 0 Å². The normalized spacial score (nSPS) is 35.0. The van der Waals surface area contributed by atoms with Gasteiger partial charge in [-0.25, -0.2) is 4.79 Å². The van der Waals surface area contributed by atoms with Gasteiger partial charge in [-0.3, -0.25) is 9.59 Å². The SMILES string of the molecule is CC[C@](O)(C(=O)OC)[C@H]1C[C@]2(C(=O)OC)C[C@@H]2[C@@H]1OC(C)=O. The van der Waals surface area contributed by atoms with Gasteiger partial charge in [0.05, 0.1) is 19.6 Å². The van der Waals surface area contributed by atoms with Gasteiger partial charge in [0.15, 0.2) is 5.60 Å². The second kappa shape index (κ2) is 5.53. The van der Waals surface area contributed by atoms with E-state index in [1.807, 2.05) is 0 Å². The standard InChI is InChI=1S/C15H22O7/c1-5-15(19,13(18)21-4)10-7-14(12(17)20-3)6-9(14)11(10)22-8(2)16/h9-11,19H,5-7H2,1-4H3/t9-,10+,11+,14-,15-/m1/s1. The Balaban J connectivity index is 2.34. The second-order valence-corrected chi connectivity index (χ2v) is 6.11. The number of methoxy groups -OCH3 is 2. The molecule has 0 aliphatic heterocycles. The first-order valence-electron chi connectivity index (χ1n) is 7.33. The third-order valence-electron chi connectivity index (χ3n) is 5.10. The van der Waals surface area contributed by atoms with E-state index in [-0.39, 0.29) is 24.7 Å². The largest absolute Gasteiger partial charge is 0.469 e. The molecule has 2 saturated carbocycles. The number of hydrogen-bond acceptors (Lipinski definition) is 7. The number of esters is 3. The minimum atomic E-state index is -1.79. The highest BCUT2D eigenvalue weighted by Crippen LogP contribution is 2.68. The van der Waals surface area contributed by atoms with Crippen molar-refractivity contribution in [2.75, 3.05) is 14.2 Å². The summed E-state index contributed by atoms with van der Waals surface area (Å²) in [6, 6.07) is 0. The van der Waals surface area contributed by atoms with Gasteiger partial charge in [-0.2, -0.15) is 0 Å². The van der Waals surface area contributed by atoms with Crippen LogP contribution in [0.1, 0.15) is 33.1 Å². The lowest BCUT2D eigenvalue weighted by Gasteiger charge is -2.35. The van der Waals surface area contributed by atoms with Crippen LogP contribution in [-0.2, 0) is 28.6 Å². The van der Waals surface area contributed by atoms with Crippen molar-refractivity contribution < 1.29 is 33.7 Å². The fourth-order valence-electron chi connectivity index (χ4n) is 3.84. The van der Waals surface area contributed by atoms with Gasteiger partial charge in [-0.15, -0.1) is 0 Å². The van der Waals surface area contributed by atoms with E-state index in [1.54, 1.807) is 6.92 Å². The Morgan fingerprint density at radius 3 is 2.32 bits per heavy atom. The molecular formula is C15H22O7. The second-order valence-electron chi connectivity index (χ2n) is 6.11. The van der Waals surface area contributed by atoms with E-state index in [2.05, 4.69) is 0 Å². The lowest BCUT2D eigenvalue weighted by molar-refractivity contribution is -0.180. The molecule has 0 saturated heterocycles. The summed E-state index contributed by atoms with van der Waals surface area (Å²) in [6.07, 6.45) is 0.184. The van der Waals surface area contributed by atoms with Gasteiger partial charge < -0.3 is 19.3 Å². The van der Waals surface area contributed by atoms with Crippen LogP contribution in [0.15, 0.2) is 0 Å². The Bertz CT molecular complexity index is 502. The summed E-state index contributed by atoms with van der Waals surface area (Å²) in [5.74, 6) is -2.59. The number of carbonyl (C=O) groups excluding carboxylic acids is 3. The van der Waals surface area contributed by atoms with Crippen LogP contribution in [-0.4, -0.2) is 48.9 Å². The molecule has 0 unspecified atom stereocenters. The predicted octanol–water partition coefficient (Wildman–Crippen LogP) is 0.431. The molecule has 1 N–H and O–H groups in total. The quantitative estimate of drug-likeness (QED) is 0.580. The zero-order chi connectivity index (χ0) is 16.7. The van der Waals surface area contributed by atoms with Crippen LogP contribution in [0.2, 0.25) is 0 Å². The molecule has 0 aromatic carbocycles. The van der Waals surface area contributed by atoms with Gasteiger partial charge in [0.1, 0.15) is 6.10 Å². The maximum absolute atomic E-state index is 12.0. The highest BCUT2D eigenvalue weighted by molar-refractivity contribution is 5.84. The van der Waals surface area contributed by atoms with Gasteiger partial charge in [0.25, 0.3) is 0 Å². The molecule has 0 spiro atoms. The van der Waals surface area contributed by atoms with E-state index < -0.39 is 35.0 Å². The predicted molar refractivity (Wildman–Crippen MR) is 73.5 cm³/mol. The molecule has 7 heteroatoms. The fourth-order valence-corrected chi connectivity index (χ4v) is 3.84. The van der Waals surface area contributed by atoms with E-state index in [4.69, 9.17) is 14.2 Å². The maximum Gasteiger partial charge on any atom is 0.338 e. The number of aliphatic hydroxyl groups is 1. The minimum absolute atomic E-state index is 0.103. The highest BCUT2D eigenvalue weighted by Gasteiger charge is 2.75. The Labute approximate surface area is 128 Å². The van der Waals surface area contributed by atoms with Crippen molar-refractivity contribution >= 4 is 17.9 Å². The summed E-state index contributed by atoms with van der Waals surface area (Å²) in [5, 5.41) is 10.8. The maximum atomic E-state index is 12.0. The van der Waals surface area contributed by atoms with E-state index in [0.717, 1.165) is 0 Å². The van der Waals surface area contributed by atoms with Crippen molar-refractivity contribution in [2.24, 2.45) is 17.3 Å². The van der Waals surface area contributed by atoms with E-state index in [9.17, 15) is 19.5 Å². The van der Waals surface area contributed by atoms with E-state index in [1.165, 1.54) is 21.1 Å². The van der Waals surface area contributed by atoms with Crippen LogP contribution in [0.3, 0.4) is 0 Å². The number of ether oxygens (including phenoxy) is 3. The summed E-state index contributed by atoms with van der Waals surface area (Å²) in [4.78, 5) is 35.4. The number of hydrogen-bond donors (Lipinski definition) is 1. The Kier molecular flexibility index (Phi) is 4.21. The summed E-state index contributed by atoms with van der Waals surface area (Å²) in [5.41, 5.74) is -2.56. The molecule has 0 radical (unpaired) electrons. The first kappa shape index (κ1) is 16.7. The zero-order valence-corrected chi connectivity index (χ0v) is 13.3. The molecule has 0 bridgehead atoms.